The maximum absolute atomic E-state index is 12.0. The molecule has 1 aliphatic rings. The normalized spacial score (nSPS) is 20.4. The largest absolute Gasteiger partial charge is 0.497 e. The van der Waals surface area contributed by atoms with Crippen LogP contribution in [0.1, 0.15) is 24.9 Å². The summed E-state index contributed by atoms with van der Waals surface area (Å²) in [5.74, 6) is 1.06. The Hall–Kier alpha value is -1.55. The van der Waals surface area contributed by atoms with Crippen molar-refractivity contribution in [3.8, 4) is 5.75 Å². The first-order valence-corrected chi connectivity index (χ1v) is 6.35. The van der Waals surface area contributed by atoms with E-state index in [-0.39, 0.29) is 17.9 Å². The van der Waals surface area contributed by atoms with Gasteiger partial charge in [-0.3, -0.25) is 4.79 Å². The lowest BCUT2D eigenvalue weighted by molar-refractivity contribution is -0.125. The smallest absolute Gasteiger partial charge is 0.224 e. The quantitative estimate of drug-likeness (QED) is 0.848. The Morgan fingerprint density at radius 3 is 3.06 bits per heavy atom. The summed E-state index contributed by atoms with van der Waals surface area (Å²) in [7, 11) is 1.65. The molecule has 1 amide bonds. The van der Waals surface area contributed by atoms with Crippen LogP contribution >= 0.6 is 0 Å². The van der Waals surface area contributed by atoms with E-state index < -0.39 is 0 Å². The van der Waals surface area contributed by atoms with Gasteiger partial charge in [-0.1, -0.05) is 12.1 Å². The Balaban J connectivity index is 1.97. The molecule has 2 unspecified atom stereocenters. The average molecular weight is 248 g/mol. The molecule has 1 aliphatic heterocycles. The molecule has 0 aliphatic carbocycles. The topological polar surface area (TPSA) is 50.4 Å². The second kappa shape index (κ2) is 5.87. The molecule has 1 aromatic rings. The maximum atomic E-state index is 12.0. The van der Waals surface area contributed by atoms with Crippen LogP contribution in [0.3, 0.4) is 0 Å². The van der Waals surface area contributed by atoms with E-state index in [2.05, 4.69) is 10.6 Å². The van der Waals surface area contributed by atoms with Crippen molar-refractivity contribution in [3.63, 3.8) is 0 Å². The molecule has 2 N–H and O–H groups in total. The molecule has 4 nitrogen and oxygen atoms in total. The number of rotatable bonds is 4. The van der Waals surface area contributed by atoms with Gasteiger partial charge >= 0.3 is 0 Å². The van der Waals surface area contributed by atoms with Gasteiger partial charge in [0.25, 0.3) is 0 Å². The summed E-state index contributed by atoms with van der Waals surface area (Å²) in [5, 5.41) is 6.26. The second-order valence-electron chi connectivity index (χ2n) is 4.70. The first-order valence-electron chi connectivity index (χ1n) is 6.35. The fourth-order valence-electron chi connectivity index (χ4n) is 2.20. The van der Waals surface area contributed by atoms with Crippen LogP contribution in [0.2, 0.25) is 0 Å². The van der Waals surface area contributed by atoms with E-state index in [1.165, 1.54) is 0 Å². The Kier molecular flexibility index (Phi) is 4.20. The molecule has 98 valence electrons. The number of carbonyl (C=O) groups is 1. The fraction of sp³-hybridized carbons (Fsp3) is 0.500. The third-order valence-corrected chi connectivity index (χ3v) is 3.38. The van der Waals surface area contributed by atoms with Crippen molar-refractivity contribution >= 4 is 5.91 Å². The highest BCUT2D eigenvalue weighted by atomic mass is 16.5. The number of amides is 1. The first kappa shape index (κ1) is 12.9. The molecule has 1 aromatic carbocycles. The molecular formula is C14H20N2O2. The van der Waals surface area contributed by atoms with Crippen molar-refractivity contribution in [1.29, 1.82) is 0 Å². The van der Waals surface area contributed by atoms with Crippen molar-refractivity contribution in [2.24, 2.45) is 5.92 Å². The van der Waals surface area contributed by atoms with Gasteiger partial charge in [0.15, 0.2) is 0 Å². The number of nitrogens with one attached hydrogen (secondary N) is 2. The predicted molar refractivity (Wildman–Crippen MR) is 70.5 cm³/mol. The molecule has 2 atom stereocenters. The predicted octanol–water partition coefficient (Wildman–Crippen LogP) is 1.48. The van der Waals surface area contributed by atoms with Crippen molar-refractivity contribution in [2.45, 2.75) is 19.4 Å². The number of ether oxygens (including phenoxy) is 1. The standard InChI is InChI=1S/C14H20N2O2/c1-10(11-4-3-5-13(8-11)18-2)16-14(17)12-6-7-15-9-12/h3-5,8,10,12,15H,6-7,9H2,1-2H3,(H,16,17). The molecule has 0 bridgehead atoms. The molecule has 1 fully saturated rings. The molecule has 0 spiro atoms. The average Bonchev–Trinajstić information content (AvgIpc) is 2.92. The monoisotopic (exact) mass is 248 g/mol. The summed E-state index contributed by atoms with van der Waals surface area (Å²) in [6.07, 6.45) is 0.927. The van der Waals surface area contributed by atoms with Gasteiger partial charge in [-0.05, 0) is 37.6 Å². The maximum Gasteiger partial charge on any atom is 0.224 e. The zero-order valence-electron chi connectivity index (χ0n) is 10.9. The number of benzene rings is 1. The molecule has 1 heterocycles. The zero-order chi connectivity index (χ0) is 13.0. The van der Waals surface area contributed by atoms with Crippen LogP contribution in [0.25, 0.3) is 0 Å². The highest BCUT2D eigenvalue weighted by Crippen LogP contribution is 2.19. The van der Waals surface area contributed by atoms with Crippen molar-refractivity contribution in [3.05, 3.63) is 29.8 Å². The summed E-state index contributed by atoms with van der Waals surface area (Å²) in [6.45, 7) is 3.72. The van der Waals surface area contributed by atoms with E-state index in [9.17, 15) is 4.79 Å². The van der Waals surface area contributed by atoms with Gasteiger partial charge in [-0.25, -0.2) is 0 Å². The molecule has 4 heteroatoms. The number of methoxy groups -OCH3 is 1. The Morgan fingerprint density at radius 2 is 2.39 bits per heavy atom. The van der Waals surface area contributed by atoms with Crippen LogP contribution in [0.15, 0.2) is 24.3 Å². The van der Waals surface area contributed by atoms with Crippen molar-refractivity contribution < 1.29 is 9.53 Å². The Morgan fingerprint density at radius 1 is 1.56 bits per heavy atom. The minimum atomic E-state index is 0.00759. The zero-order valence-corrected chi connectivity index (χ0v) is 10.9. The van der Waals surface area contributed by atoms with E-state index in [1.54, 1.807) is 7.11 Å². The molecule has 0 radical (unpaired) electrons. The van der Waals surface area contributed by atoms with Gasteiger partial charge in [0.1, 0.15) is 5.75 Å². The summed E-state index contributed by atoms with van der Waals surface area (Å²) in [5.41, 5.74) is 1.06. The van der Waals surface area contributed by atoms with Crippen LogP contribution < -0.4 is 15.4 Å². The van der Waals surface area contributed by atoms with Crippen LogP contribution in [0, 0.1) is 5.92 Å². The SMILES string of the molecule is COc1cccc(C(C)NC(=O)C2CCNC2)c1. The molecular weight excluding hydrogens is 228 g/mol. The Bertz CT molecular complexity index is 414. The third-order valence-electron chi connectivity index (χ3n) is 3.38. The minimum Gasteiger partial charge on any atom is -0.497 e. The highest BCUT2D eigenvalue weighted by Gasteiger charge is 2.23. The van der Waals surface area contributed by atoms with E-state index in [0.29, 0.717) is 0 Å². The minimum absolute atomic E-state index is 0.00759. The van der Waals surface area contributed by atoms with E-state index in [4.69, 9.17) is 4.74 Å². The highest BCUT2D eigenvalue weighted by molar-refractivity contribution is 5.79. The summed E-state index contributed by atoms with van der Waals surface area (Å²) in [6, 6.07) is 7.80. The molecule has 0 saturated carbocycles. The molecule has 1 saturated heterocycles. The molecule has 18 heavy (non-hydrogen) atoms. The lowest BCUT2D eigenvalue weighted by Gasteiger charge is -2.17. The van der Waals surface area contributed by atoms with Gasteiger partial charge < -0.3 is 15.4 Å². The lowest BCUT2D eigenvalue weighted by atomic mass is 10.0. The van der Waals surface area contributed by atoms with E-state index >= 15 is 0 Å². The summed E-state index contributed by atoms with van der Waals surface area (Å²) < 4.78 is 5.19. The van der Waals surface area contributed by atoms with E-state index in [0.717, 1.165) is 30.8 Å². The number of hydrogen-bond donors (Lipinski definition) is 2. The van der Waals surface area contributed by atoms with Gasteiger partial charge in [-0.15, -0.1) is 0 Å². The summed E-state index contributed by atoms with van der Waals surface area (Å²) in [4.78, 5) is 12.0. The Labute approximate surface area is 108 Å². The third kappa shape index (κ3) is 3.01. The molecule has 0 aromatic heterocycles. The number of carbonyl (C=O) groups excluding carboxylic acids is 1. The van der Waals surface area contributed by atoms with Crippen LogP contribution in [-0.4, -0.2) is 26.1 Å². The fourth-order valence-corrected chi connectivity index (χ4v) is 2.20. The van der Waals surface area contributed by atoms with Crippen molar-refractivity contribution in [1.82, 2.24) is 10.6 Å². The van der Waals surface area contributed by atoms with Crippen LogP contribution in [0.4, 0.5) is 0 Å². The summed E-state index contributed by atoms with van der Waals surface area (Å²) >= 11 is 0. The van der Waals surface area contributed by atoms with Gasteiger partial charge in [0, 0.05) is 6.54 Å². The first-order chi connectivity index (χ1) is 8.70. The van der Waals surface area contributed by atoms with Crippen LogP contribution in [-0.2, 0) is 4.79 Å². The van der Waals surface area contributed by atoms with Gasteiger partial charge in [0.2, 0.25) is 5.91 Å². The van der Waals surface area contributed by atoms with Crippen LogP contribution in [0.5, 0.6) is 5.75 Å². The van der Waals surface area contributed by atoms with Gasteiger partial charge in [-0.2, -0.15) is 0 Å². The second-order valence-corrected chi connectivity index (χ2v) is 4.70. The van der Waals surface area contributed by atoms with Gasteiger partial charge in [0.05, 0.1) is 19.1 Å². The van der Waals surface area contributed by atoms with E-state index in [1.807, 2.05) is 31.2 Å². The lowest BCUT2D eigenvalue weighted by Crippen LogP contribution is -2.33. The van der Waals surface area contributed by atoms with Crippen molar-refractivity contribution in [2.75, 3.05) is 20.2 Å². The number of hydrogen-bond acceptors (Lipinski definition) is 3. The molecule has 2 rings (SSSR count).